The third kappa shape index (κ3) is 5.88. The number of amides is 2. The van der Waals surface area contributed by atoms with E-state index in [1.54, 1.807) is 36.4 Å². The van der Waals surface area contributed by atoms with Crippen LogP contribution in [0.3, 0.4) is 0 Å². The van der Waals surface area contributed by atoms with E-state index in [9.17, 15) is 14.4 Å². The Hall–Kier alpha value is -2.33. The molecule has 1 aliphatic rings. The SMILES string of the molecule is COC(=O)CNC(=O)CCN1C(=O)/C(=C\c2ccc(-c3ccc(Cl)c(Cl)c3)o2)SC1=S. The minimum atomic E-state index is -0.555. The average Bonchev–Trinajstić information content (AvgIpc) is 3.31. The van der Waals surface area contributed by atoms with Gasteiger partial charge in [-0.3, -0.25) is 19.3 Å². The molecule has 7 nitrogen and oxygen atoms in total. The number of thiocarbonyl (C=S) groups is 1. The van der Waals surface area contributed by atoms with Crippen molar-refractivity contribution in [2.24, 2.45) is 0 Å². The van der Waals surface area contributed by atoms with Gasteiger partial charge in [-0.15, -0.1) is 0 Å². The van der Waals surface area contributed by atoms with Crippen LogP contribution in [0.4, 0.5) is 0 Å². The summed E-state index contributed by atoms with van der Waals surface area (Å²) in [5, 5.41) is 3.27. The Kier molecular flexibility index (Phi) is 7.77. The van der Waals surface area contributed by atoms with E-state index in [0.717, 1.165) is 17.3 Å². The van der Waals surface area contributed by atoms with E-state index in [1.165, 1.54) is 12.0 Å². The monoisotopic (exact) mass is 498 g/mol. The number of benzene rings is 1. The molecule has 2 heterocycles. The lowest BCUT2D eigenvalue weighted by Crippen LogP contribution is -2.35. The maximum absolute atomic E-state index is 12.7. The number of rotatable bonds is 7. The molecule has 31 heavy (non-hydrogen) atoms. The second kappa shape index (κ2) is 10.3. The van der Waals surface area contributed by atoms with Gasteiger partial charge in [0.25, 0.3) is 5.91 Å². The van der Waals surface area contributed by atoms with Gasteiger partial charge in [0.15, 0.2) is 0 Å². The summed E-state index contributed by atoms with van der Waals surface area (Å²) in [6.07, 6.45) is 1.59. The van der Waals surface area contributed by atoms with E-state index in [2.05, 4.69) is 10.1 Å². The Bertz CT molecular complexity index is 1080. The summed E-state index contributed by atoms with van der Waals surface area (Å²) < 4.78 is 10.6. The molecule has 1 aliphatic heterocycles. The summed E-state index contributed by atoms with van der Waals surface area (Å²) in [5.74, 6) is -0.218. The molecule has 0 saturated carbocycles. The third-order valence-electron chi connectivity index (χ3n) is 4.20. The molecule has 1 aromatic heterocycles. The maximum atomic E-state index is 12.7. The van der Waals surface area contributed by atoms with E-state index < -0.39 is 5.97 Å². The summed E-state index contributed by atoms with van der Waals surface area (Å²) in [5.41, 5.74) is 0.750. The van der Waals surface area contributed by atoms with Crippen molar-refractivity contribution in [1.29, 1.82) is 0 Å². The molecule has 1 aromatic carbocycles. The highest BCUT2D eigenvalue weighted by Gasteiger charge is 2.32. The van der Waals surface area contributed by atoms with Crippen molar-refractivity contribution in [3.63, 3.8) is 0 Å². The molecule has 11 heteroatoms. The fourth-order valence-electron chi connectivity index (χ4n) is 2.60. The zero-order chi connectivity index (χ0) is 22.5. The second-order valence-corrected chi connectivity index (χ2v) is 8.76. The standard InChI is InChI=1S/C20H16Cl2N2O5S2/c1-28-18(26)10-23-17(25)6-7-24-19(27)16(31-20(24)30)9-12-3-5-15(29-12)11-2-4-13(21)14(22)8-11/h2-5,8-9H,6-7,10H2,1H3,(H,23,25)/b16-9+. The quantitative estimate of drug-likeness (QED) is 0.348. The lowest BCUT2D eigenvalue weighted by atomic mass is 10.2. The number of thioether (sulfide) groups is 1. The van der Waals surface area contributed by atoms with Crippen LogP contribution in [0.1, 0.15) is 12.2 Å². The number of nitrogens with zero attached hydrogens (tertiary/aromatic N) is 1. The summed E-state index contributed by atoms with van der Waals surface area (Å²) in [7, 11) is 1.23. The predicted octanol–water partition coefficient (Wildman–Crippen LogP) is 4.13. The van der Waals surface area contributed by atoms with Gasteiger partial charge in [0.05, 0.1) is 22.1 Å². The fourth-order valence-corrected chi connectivity index (χ4v) is 4.19. The van der Waals surface area contributed by atoms with E-state index in [4.69, 9.17) is 39.8 Å². The van der Waals surface area contributed by atoms with E-state index in [1.807, 2.05) is 0 Å². The first-order valence-electron chi connectivity index (χ1n) is 8.92. The average molecular weight is 499 g/mol. The van der Waals surface area contributed by atoms with E-state index in [0.29, 0.717) is 30.8 Å². The minimum absolute atomic E-state index is 0.00105. The van der Waals surface area contributed by atoms with Crippen LogP contribution in [0, 0.1) is 0 Å². The molecule has 2 aromatic rings. The Morgan fingerprint density at radius 3 is 2.74 bits per heavy atom. The molecule has 0 atom stereocenters. The highest BCUT2D eigenvalue weighted by Crippen LogP contribution is 2.34. The van der Waals surface area contributed by atoms with Crippen molar-refractivity contribution in [1.82, 2.24) is 10.2 Å². The molecule has 1 saturated heterocycles. The molecule has 0 radical (unpaired) electrons. The number of methoxy groups -OCH3 is 1. The molecular weight excluding hydrogens is 483 g/mol. The molecular formula is C20H16Cl2N2O5S2. The number of carbonyl (C=O) groups excluding carboxylic acids is 3. The first-order valence-corrected chi connectivity index (χ1v) is 10.9. The van der Waals surface area contributed by atoms with Crippen LogP contribution >= 0.6 is 47.2 Å². The highest BCUT2D eigenvalue weighted by atomic mass is 35.5. The van der Waals surface area contributed by atoms with Crippen molar-refractivity contribution in [2.75, 3.05) is 20.2 Å². The van der Waals surface area contributed by atoms with E-state index >= 15 is 0 Å². The van der Waals surface area contributed by atoms with E-state index in [-0.39, 0.29) is 31.3 Å². The van der Waals surface area contributed by atoms with Crippen LogP contribution in [0.5, 0.6) is 0 Å². The Morgan fingerprint density at radius 1 is 1.26 bits per heavy atom. The molecule has 0 spiro atoms. The van der Waals surface area contributed by atoms with Crippen LogP contribution in [0.25, 0.3) is 17.4 Å². The third-order valence-corrected chi connectivity index (χ3v) is 6.31. The van der Waals surface area contributed by atoms with Crippen molar-refractivity contribution in [3.05, 3.63) is 51.0 Å². The molecule has 1 fully saturated rings. The normalized spacial score (nSPS) is 14.9. The molecule has 0 unspecified atom stereocenters. The predicted molar refractivity (Wildman–Crippen MR) is 124 cm³/mol. The topological polar surface area (TPSA) is 88.9 Å². The van der Waals surface area contributed by atoms with Gasteiger partial charge < -0.3 is 14.5 Å². The largest absolute Gasteiger partial charge is 0.468 e. The van der Waals surface area contributed by atoms with Gasteiger partial charge in [-0.2, -0.15) is 0 Å². The lowest BCUT2D eigenvalue weighted by Gasteiger charge is -2.13. The number of ether oxygens (including phenoxy) is 1. The highest BCUT2D eigenvalue weighted by molar-refractivity contribution is 8.26. The molecule has 3 rings (SSSR count). The number of hydrogen-bond acceptors (Lipinski definition) is 7. The molecule has 162 valence electrons. The molecule has 0 aliphatic carbocycles. The van der Waals surface area contributed by atoms with Crippen molar-refractivity contribution in [3.8, 4) is 11.3 Å². The number of hydrogen-bond donors (Lipinski definition) is 1. The number of furan rings is 1. The van der Waals surface area contributed by atoms with Gasteiger partial charge in [-0.1, -0.05) is 47.2 Å². The van der Waals surface area contributed by atoms with Gasteiger partial charge in [0.2, 0.25) is 5.91 Å². The zero-order valence-electron chi connectivity index (χ0n) is 16.1. The Balaban J connectivity index is 1.64. The zero-order valence-corrected chi connectivity index (χ0v) is 19.3. The fraction of sp³-hybridized carbons (Fsp3) is 0.200. The number of halogens is 2. The van der Waals surface area contributed by atoms with Gasteiger partial charge in [-0.25, -0.2) is 0 Å². The summed E-state index contributed by atoms with van der Waals surface area (Å²) in [4.78, 5) is 37.3. The van der Waals surface area contributed by atoms with Crippen LogP contribution in [0.2, 0.25) is 10.0 Å². The second-order valence-electron chi connectivity index (χ2n) is 6.27. The van der Waals surface area contributed by atoms with Crippen LogP contribution in [-0.4, -0.2) is 47.2 Å². The summed E-state index contributed by atoms with van der Waals surface area (Å²) >= 11 is 18.4. The molecule has 1 N–H and O–H groups in total. The number of carbonyl (C=O) groups is 3. The Morgan fingerprint density at radius 2 is 2.03 bits per heavy atom. The molecule has 2 amide bonds. The molecule has 0 bridgehead atoms. The lowest BCUT2D eigenvalue weighted by molar-refractivity contribution is -0.141. The maximum Gasteiger partial charge on any atom is 0.325 e. The number of nitrogens with one attached hydrogen (secondary N) is 1. The first-order chi connectivity index (χ1) is 14.8. The first kappa shape index (κ1) is 23.3. The minimum Gasteiger partial charge on any atom is -0.468 e. The van der Waals surface area contributed by atoms with Crippen molar-refractivity contribution in [2.45, 2.75) is 6.42 Å². The van der Waals surface area contributed by atoms with Gasteiger partial charge >= 0.3 is 5.97 Å². The smallest absolute Gasteiger partial charge is 0.325 e. The van der Waals surface area contributed by atoms with Crippen molar-refractivity contribution < 1.29 is 23.5 Å². The Labute approximate surface area is 197 Å². The van der Waals surface area contributed by atoms with Gasteiger partial charge in [0, 0.05) is 24.6 Å². The summed E-state index contributed by atoms with van der Waals surface area (Å²) in [6.45, 7) is -0.130. The van der Waals surface area contributed by atoms with Gasteiger partial charge in [0.1, 0.15) is 22.4 Å². The van der Waals surface area contributed by atoms with Gasteiger partial charge in [-0.05, 0) is 30.3 Å². The van der Waals surface area contributed by atoms with Crippen LogP contribution in [0.15, 0.2) is 39.7 Å². The van der Waals surface area contributed by atoms with Crippen LogP contribution in [-0.2, 0) is 19.1 Å². The summed E-state index contributed by atoms with van der Waals surface area (Å²) in [6, 6.07) is 8.63. The number of esters is 1. The van der Waals surface area contributed by atoms with Crippen molar-refractivity contribution >= 4 is 75.4 Å². The van der Waals surface area contributed by atoms with Crippen LogP contribution < -0.4 is 5.32 Å².